The molecule has 1 heterocycles. The van der Waals surface area contributed by atoms with Crippen LogP contribution in [0, 0.1) is 0 Å². The minimum atomic E-state index is -4.67. The van der Waals surface area contributed by atoms with Crippen LogP contribution in [0.15, 0.2) is 0 Å². The quantitative estimate of drug-likeness (QED) is 0.656. The molecule has 1 fully saturated rings. The van der Waals surface area contributed by atoms with E-state index in [9.17, 15) is 12.9 Å². The molecule has 14 heavy (non-hydrogen) atoms. The molecule has 84 valence electrons. The van der Waals surface area contributed by atoms with Crippen molar-refractivity contribution in [1.29, 1.82) is 0 Å². The van der Waals surface area contributed by atoms with E-state index in [-0.39, 0.29) is 6.10 Å². The maximum Gasteiger partial charge on any atom is 0.492 e. The fourth-order valence-corrected chi connectivity index (χ4v) is 1.79. The third-order valence-electron chi connectivity index (χ3n) is 2.40. The normalized spacial score (nSPS) is 21.4. The largest absolute Gasteiger partial charge is 0.492 e. The number of piperidine rings is 1. The van der Waals surface area contributed by atoms with Gasteiger partial charge < -0.3 is 22.6 Å². The summed E-state index contributed by atoms with van der Waals surface area (Å²) in [6.45, 7) is -1.10. The second-order valence-electron chi connectivity index (χ2n) is 3.67. The van der Waals surface area contributed by atoms with Gasteiger partial charge in [0, 0.05) is 6.61 Å². The first-order valence-corrected chi connectivity index (χ1v) is 5.06. The average molecular weight is 210 g/mol. The van der Waals surface area contributed by atoms with E-state index < -0.39 is 13.4 Å². The molecule has 0 amide bonds. The molecule has 0 spiro atoms. The van der Waals surface area contributed by atoms with Crippen LogP contribution in [0.2, 0.25) is 0 Å². The maximum atomic E-state index is 12.1. The zero-order valence-electron chi connectivity index (χ0n) is 8.39. The first-order valence-electron chi connectivity index (χ1n) is 5.06. The van der Waals surface area contributed by atoms with E-state index in [1.165, 1.54) is 4.90 Å². The second kappa shape index (κ2) is 5.02. The molecule has 1 saturated heterocycles. The minimum absolute atomic E-state index is 0.164. The topological polar surface area (TPSA) is 12.5 Å². The van der Waals surface area contributed by atoms with Crippen molar-refractivity contribution in [3.63, 3.8) is 0 Å². The van der Waals surface area contributed by atoms with Gasteiger partial charge in [0.15, 0.2) is 0 Å². The van der Waals surface area contributed by atoms with Crippen LogP contribution >= 0.6 is 0 Å². The number of rotatable bonds is 4. The van der Waals surface area contributed by atoms with Crippen LogP contribution in [0.1, 0.15) is 19.8 Å². The summed E-state index contributed by atoms with van der Waals surface area (Å²) >= 11 is 0. The SMILES string of the molecule is CCOC1CCN(C[B-](F)(F)F)CC1. The molecule has 0 radical (unpaired) electrons. The number of ether oxygens (including phenoxy) is 1. The molecular formula is C8H16BF3NO-. The van der Waals surface area contributed by atoms with Crippen LogP contribution in [0.5, 0.6) is 0 Å². The lowest BCUT2D eigenvalue weighted by molar-refractivity contribution is 0.0162. The van der Waals surface area contributed by atoms with Crippen LogP contribution in [-0.2, 0) is 4.74 Å². The number of hydrogen-bond acceptors (Lipinski definition) is 2. The lowest BCUT2D eigenvalue weighted by atomic mass is 9.90. The molecule has 1 rings (SSSR count). The summed E-state index contributed by atoms with van der Waals surface area (Å²) in [6.07, 6.45) is 0.885. The molecule has 0 aliphatic carbocycles. The smallest absolute Gasteiger partial charge is 0.448 e. The number of halogens is 3. The summed E-state index contributed by atoms with van der Waals surface area (Å²) in [5.41, 5.74) is 0. The highest BCUT2D eigenvalue weighted by Crippen LogP contribution is 2.17. The Morgan fingerprint density at radius 3 is 2.29 bits per heavy atom. The second-order valence-corrected chi connectivity index (χ2v) is 3.67. The monoisotopic (exact) mass is 210 g/mol. The van der Waals surface area contributed by atoms with E-state index in [2.05, 4.69) is 0 Å². The first kappa shape index (κ1) is 11.8. The highest BCUT2D eigenvalue weighted by atomic mass is 19.4. The average Bonchev–Trinajstić information content (AvgIpc) is 2.06. The molecule has 0 saturated carbocycles. The molecule has 0 atom stereocenters. The lowest BCUT2D eigenvalue weighted by Gasteiger charge is -2.34. The number of likely N-dealkylation sites (tertiary alicyclic amines) is 1. The molecule has 0 N–H and O–H groups in total. The van der Waals surface area contributed by atoms with Crippen LogP contribution < -0.4 is 0 Å². The third kappa shape index (κ3) is 4.33. The Morgan fingerprint density at radius 1 is 1.29 bits per heavy atom. The van der Waals surface area contributed by atoms with Crippen LogP contribution in [0.3, 0.4) is 0 Å². The molecule has 6 heteroatoms. The molecule has 0 aromatic rings. The summed E-state index contributed by atoms with van der Waals surface area (Å²) in [4.78, 5) is 1.47. The van der Waals surface area contributed by atoms with E-state index in [4.69, 9.17) is 4.74 Å². The van der Waals surface area contributed by atoms with E-state index >= 15 is 0 Å². The zero-order valence-corrected chi connectivity index (χ0v) is 8.39. The van der Waals surface area contributed by atoms with Crippen molar-refractivity contribution in [2.75, 3.05) is 26.1 Å². The van der Waals surface area contributed by atoms with Gasteiger partial charge in [-0.25, -0.2) is 0 Å². The van der Waals surface area contributed by atoms with Crippen LogP contribution in [0.25, 0.3) is 0 Å². The number of nitrogens with zero attached hydrogens (tertiary/aromatic N) is 1. The van der Waals surface area contributed by atoms with Gasteiger partial charge in [-0.05, 0) is 39.3 Å². The first-order chi connectivity index (χ1) is 6.51. The Morgan fingerprint density at radius 2 is 1.86 bits per heavy atom. The summed E-state index contributed by atoms with van der Waals surface area (Å²) in [5.74, 6) is 0. The van der Waals surface area contributed by atoms with Crippen molar-refractivity contribution in [1.82, 2.24) is 4.90 Å². The fourth-order valence-electron chi connectivity index (χ4n) is 1.79. The lowest BCUT2D eigenvalue weighted by Crippen LogP contribution is -2.44. The Kier molecular flexibility index (Phi) is 4.25. The summed E-state index contributed by atoms with van der Waals surface area (Å²) < 4.78 is 41.6. The predicted octanol–water partition coefficient (Wildman–Crippen LogP) is 1.87. The van der Waals surface area contributed by atoms with Gasteiger partial charge >= 0.3 is 6.98 Å². The third-order valence-corrected chi connectivity index (χ3v) is 2.40. The van der Waals surface area contributed by atoms with Gasteiger partial charge in [0.05, 0.1) is 6.10 Å². The number of hydrogen-bond donors (Lipinski definition) is 0. The minimum Gasteiger partial charge on any atom is -0.448 e. The van der Waals surface area contributed by atoms with Gasteiger partial charge in [0.25, 0.3) is 0 Å². The highest BCUT2D eigenvalue weighted by Gasteiger charge is 2.28. The predicted molar refractivity (Wildman–Crippen MR) is 50.2 cm³/mol. The highest BCUT2D eigenvalue weighted by molar-refractivity contribution is 6.58. The van der Waals surface area contributed by atoms with E-state index in [1.807, 2.05) is 6.92 Å². The van der Waals surface area contributed by atoms with Crippen molar-refractivity contribution in [2.45, 2.75) is 25.9 Å². The van der Waals surface area contributed by atoms with E-state index in [1.54, 1.807) is 0 Å². The van der Waals surface area contributed by atoms with E-state index in [0.29, 0.717) is 19.7 Å². The van der Waals surface area contributed by atoms with E-state index in [0.717, 1.165) is 12.8 Å². The standard InChI is InChI=1S/C8H16BF3NO/c1-2-14-8-3-5-13(6-4-8)7-9(10,11)12/h8H,2-7H2,1H3/q-1. The van der Waals surface area contributed by atoms with Gasteiger partial charge in [-0.2, -0.15) is 0 Å². The molecule has 2 nitrogen and oxygen atoms in total. The molecule has 0 aromatic heterocycles. The molecule has 0 bridgehead atoms. The van der Waals surface area contributed by atoms with Crippen molar-refractivity contribution >= 4 is 6.98 Å². The Hall–Kier alpha value is -0.225. The zero-order chi connectivity index (χ0) is 10.6. The van der Waals surface area contributed by atoms with Gasteiger partial charge in [-0.15, -0.1) is 0 Å². The molecule has 0 unspecified atom stereocenters. The van der Waals surface area contributed by atoms with Gasteiger partial charge in [-0.3, -0.25) is 0 Å². The fraction of sp³-hybridized carbons (Fsp3) is 1.00. The van der Waals surface area contributed by atoms with Crippen molar-refractivity contribution in [3.05, 3.63) is 0 Å². The molecule has 0 aromatic carbocycles. The Balaban J connectivity index is 2.22. The van der Waals surface area contributed by atoms with Crippen molar-refractivity contribution < 1.29 is 17.7 Å². The maximum absolute atomic E-state index is 12.1. The summed E-state index contributed by atoms with van der Waals surface area (Å²) in [6, 6.07) is 0. The van der Waals surface area contributed by atoms with Crippen LogP contribution in [0.4, 0.5) is 12.9 Å². The molecular weight excluding hydrogens is 194 g/mol. The van der Waals surface area contributed by atoms with Crippen molar-refractivity contribution in [2.24, 2.45) is 0 Å². The van der Waals surface area contributed by atoms with Gasteiger partial charge in [0.1, 0.15) is 0 Å². The molecule has 1 aliphatic rings. The molecule has 1 aliphatic heterocycles. The van der Waals surface area contributed by atoms with Gasteiger partial charge in [0.2, 0.25) is 0 Å². The van der Waals surface area contributed by atoms with Crippen molar-refractivity contribution in [3.8, 4) is 0 Å². The Labute approximate surface area is 82.5 Å². The Bertz CT molecular complexity index is 168. The van der Waals surface area contributed by atoms with Gasteiger partial charge in [-0.1, -0.05) is 0 Å². The van der Waals surface area contributed by atoms with Crippen LogP contribution in [-0.4, -0.2) is 44.1 Å². The summed E-state index contributed by atoms with van der Waals surface area (Å²) in [7, 11) is 0. The summed E-state index contributed by atoms with van der Waals surface area (Å²) in [5, 5.41) is 0.